The van der Waals surface area contributed by atoms with E-state index in [1.165, 1.54) is 21.3 Å². The van der Waals surface area contributed by atoms with Gasteiger partial charge in [-0.2, -0.15) is 9.04 Å². The molecule has 0 saturated carbocycles. The number of amides is 2. The van der Waals surface area contributed by atoms with Crippen LogP contribution in [0.1, 0.15) is 35.5 Å². The molecule has 1 aromatic carbocycles. The van der Waals surface area contributed by atoms with Crippen molar-refractivity contribution in [2.45, 2.75) is 43.4 Å². The zero-order chi connectivity index (χ0) is 28.9. The van der Waals surface area contributed by atoms with E-state index in [4.69, 9.17) is 20.8 Å². The highest BCUT2D eigenvalue weighted by Gasteiger charge is 2.41. The third-order valence-electron chi connectivity index (χ3n) is 7.86. The number of halogens is 1. The van der Waals surface area contributed by atoms with Gasteiger partial charge in [-0.15, -0.1) is 0 Å². The van der Waals surface area contributed by atoms with Crippen molar-refractivity contribution in [3.8, 4) is 0 Å². The third-order valence-corrected chi connectivity index (χ3v) is 9.93. The molecule has 3 aliphatic heterocycles. The van der Waals surface area contributed by atoms with E-state index in [1.54, 1.807) is 17.0 Å². The zero-order valence-corrected chi connectivity index (χ0v) is 24.0. The zero-order valence-electron chi connectivity index (χ0n) is 22.5. The molecule has 2 atom stereocenters. The molecule has 5 heterocycles. The summed E-state index contributed by atoms with van der Waals surface area (Å²) < 4.78 is 40.5. The van der Waals surface area contributed by atoms with Crippen molar-refractivity contribution < 1.29 is 32.4 Å². The Bertz CT molecular complexity index is 1600. The molecule has 0 bridgehead atoms. The summed E-state index contributed by atoms with van der Waals surface area (Å²) in [6.45, 7) is 3.98. The number of nitrogens with one attached hydrogen (secondary N) is 1. The Labute approximate surface area is 241 Å². The highest BCUT2D eigenvalue weighted by molar-refractivity contribution is 7.89. The molecule has 0 aliphatic carbocycles. The number of carbonyl (C=O) groups is 2. The first kappa shape index (κ1) is 28.0. The topological polar surface area (TPSA) is 150 Å². The van der Waals surface area contributed by atoms with Gasteiger partial charge >= 0.3 is 5.91 Å². The summed E-state index contributed by atoms with van der Waals surface area (Å²) in [5, 5.41) is 14.5. The molecular weight excluding hydrogens is 576 g/mol. The van der Waals surface area contributed by atoms with Crippen molar-refractivity contribution in [1.82, 2.24) is 29.1 Å². The summed E-state index contributed by atoms with van der Waals surface area (Å²) in [6.07, 6.45) is 0.534. The lowest BCUT2D eigenvalue weighted by Crippen LogP contribution is -2.58. The number of piperazine rings is 1. The summed E-state index contributed by atoms with van der Waals surface area (Å²) in [5.41, 5.74) is 0.971. The van der Waals surface area contributed by atoms with Crippen LogP contribution in [-0.4, -0.2) is 107 Å². The number of morpholine rings is 1. The van der Waals surface area contributed by atoms with Gasteiger partial charge < -0.3 is 29.5 Å². The first-order chi connectivity index (χ1) is 19.6. The minimum Gasteiger partial charge on any atom is -0.436 e. The average molecular weight is 607 g/mol. The Morgan fingerprint density at radius 1 is 1.17 bits per heavy atom. The molecule has 3 aromatic rings. The Kier molecular flexibility index (Phi) is 7.44. The van der Waals surface area contributed by atoms with Gasteiger partial charge in [0.05, 0.1) is 37.0 Å². The van der Waals surface area contributed by atoms with Gasteiger partial charge in [0.15, 0.2) is 5.03 Å². The third kappa shape index (κ3) is 5.30. The molecule has 2 saturated heterocycles. The summed E-state index contributed by atoms with van der Waals surface area (Å²) >= 11 is 6.05. The summed E-state index contributed by atoms with van der Waals surface area (Å²) in [4.78, 5) is 34.5. The predicted octanol–water partition coefficient (Wildman–Crippen LogP) is 1.32. The maximum atomic E-state index is 13.8. The highest BCUT2D eigenvalue weighted by Crippen LogP contribution is 2.29. The smallest absolute Gasteiger partial charge is 0.310 e. The van der Waals surface area contributed by atoms with Crippen molar-refractivity contribution in [3.63, 3.8) is 0 Å². The summed E-state index contributed by atoms with van der Waals surface area (Å²) in [7, 11) is -4.21. The number of nitrogens with zero attached hydrogens (tertiary/aromatic N) is 5. The maximum absolute atomic E-state index is 13.8. The van der Waals surface area contributed by atoms with Gasteiger partial charge in [-0.1, -0.05) is 17.7 Å². The molecular formula is C26H31ClN6O7S. The molecule has 2 unspecified atom stereocenters. The molecule has 220 valence electrons. The number of benzene rings is 1. The Hall–Kier alpha value is -3.17. The van der Waals surface area contributed by atoms with Gasteiger partial charge in [-0.3, -0.25) is 9.59 Å². The van der Waals surface area contributed by atoms with Crippen molar-refractivity contribution >= 4 is 44.3 Å². The molecule has 2 N–H and O–H groups in total. The predicted molar refractivity (Wildman–Crippen MR) is 146 cm³/mol. The molecule has 2 aromatic heterocycles. The van der Waals surface area contributed by atoms with Crippen LogP contribution in [0.5, 0.6) is 0 Å². The molecule has 2 fully saturated rings. The second kappa shape index (κ2) is 10.9. The van der Waals surface area contributed by atoms with Crippen LogP contribution in [0, 0.1) is 0 Å². The number of rotatable bonds is 5. The lowest BCUT2D eigenvalue weighted by atomic mass is 10.1. The van der Waals surface area contributed by atoms with Gasteiger partial charge in [-0.05, 0) is 25.1 Å². The molecule has 3 aliphatic rings. The first-order valence-corrected chi connectivity index (χ1v) is 15.3. The second-order valence-corrected chi connectivity index (χ2v) is 12.9. The minimum absolute atomic E-state index is 0.0122. The quantitative estimate of drug-likeness (QED) is 0.410. The largest absolute Gasteiger partial charge is 0.436 e. The number of aromatic nitrogens is 2. The van der Waals surface area contributed by atoms with Gasteiger partial charge in [0.25, 0.3) is 15.9 Å². The SMILES string of the molecule is CC1Cc2nc(C(=O)N3CCN(S(=O)(=O)c4cc5ccc(Cl)cc5n4O)CC3CC(=O)N3CCOCC3)oc2CN1. The van der Waals surface area contributed by atoms with Crippen molar-refractivity contribution in [2.75, 3.05) is 45.9 Å². The van der Waals surface area contributed by atoms with E-state index >= 15 is 0 Å². The van der Waals surface area contributed by atoms with Crippen molar-refractivity contribution in [3.05, 3.63) is 46.6 Å². The van der Waals surface area contributed by atoms with E-state index in [0.717, 1.165) is 5.69 Å². The fraction of sp³-hybridized carbons (Fsp3) is 0.500. The standard InChI is InChI=1S/C26H31ClN6O7S/c1-16-10-20-22(14-28-16)40-25(29-20)26(35)32-5-4-31(15-19(32)13-23(34)30-6-8-39-9-7-30)41(37,38)24-11-17-2-3-18(27)12-21(17)33(24)36/h2-3,11-12,16,19,28,36H,4-10,13-15H2,1H3. The average Bonchev–Trinajstić information content (AvgIpc) is 3.54. The monoisotopic (exact) mass is 606 g/mol. The van der Waals surface area contributed by atoms with E-state index in [1.807, 2.05) is 6.92 Å². The fourth-order valence-corrected chi connectivity index (χ4v) is 7.32. The van der Waals surface area contributed by atoms with Crippen LogP contribution in [0.15, 0.2) is 33.7 Å². The van der Waals surface area contributed by atoms with Crippen LogP contribution in [0.3, 0.4) is 0 Å². The number of ether oxygens (including phenoxy) is 1. The number of sulfonamides is 1. The van der Waals surface area contributed by atoms with Gasteiger partial charge in [0.1, 0.15) is 5.76 Å². The Balaban J connectivity index is 1.28. The number of fused-ring (bicyclic) bond motifs is 2. The van der Waals surface area contributed by atoms with Crippen molar-refractivity contribution in [1.29, 1.82) is 0 Å². The highest BCUT2D eigenvalue weighted by atomic mass is 35.5. The van der Waals surface area contributed by atoms with Crippen molar-refractivity contribution in [2.24, 2.45) is 0 Å². The van der Waals surface area contributed by atoms with E-state index < -0.39 is 22.0 Å². The lowest BCUT2D eigenvalue weighted by Gasteiger charge is -2.40. The summed E-state index contributed by atoms with van der Waals surface area (Å²) in [5.74, 6) is -0.163. The lowest BCUT2D eigenvalue weighted by molar-refractivity contribution is -0.136. The number of oxazole rings is 1. The van der Waals surface area contributed by atoms with Gasteiger partial charge in [0.2, 0.25) is 5.91 Å². The molecule has 6 rings (SSSR count). The van der Waals surface area contributed by atoms with E-state index in [2.05, 4.69) is 10.3 Å². The van der Waals surface area contributed by atoms with Crippen LogP contribution < -0.4 is 5.32 Å². The molecule has 15 heteroatoms. The Morgan fingerprint density at radius 3 is 2.73 bits per heavy atom. The summed E-state index contributed by atoms with van der Waals surface area (Å²) in [6, 6.07) is 5.49. The van der Waals surface area contributed by atoms with Gasteiger partial charge in [-0.25, -0.2) is 13.4 Å². The molecule has 0 spiro atoms. The van der Waals surface area contributed by atoms with Crippen LogP contribution in [0.25, 0.3) is 10.9 Å². The molecule has 2 amide bonds. The van der Waals surface area contributed by atoms with Crippen LogP contribution in [0.2, 0.25) is 5.02 Å². The van der Waals surface area contributed by atoms with Gasteiger partial charge in [0, 0.05) is 62.0 Å². The number of hydrogen-bond acceptors (Lipinski definition) is 9. The normalized spacial score (nSPS) is 22.2. The molecule has 41 heavy (non-hydrogen) atoms. The van der Waals surface area contributed by atoms with Crippen LogP contribution in [-0.2, 0) is 32.5 Å². The van der Waals surface area contributed by atoms with Crippen LogP contribution in [0.4, 0.5) is 0 Å². The maximum Gasteiger partial charge on any atom is 0.310 e. The fourth-order valence-electron chi connectivity index (χ4n) is 5.61. The first-order valence-electron chi connectivity index (χ1n) is 13.5. The Morgan fingerprint density at radius 2 is 1.95 bits per heavy atom. The van der Waals surface area contributed by atoms with E-state index in [9.17, 15) is 23.2 Å². The molecule has 0 radical (unpaired) electrons. The second-order valence-electron chi connectivity index (χ2n) is 10.6. The van der Waals surface area contributed by atoms with E-state index in [-0.39, 0.29) is 54.4 Å². The number of hydrogen-bond donors (Lipinski definition) is 2. The van der Waals surface area contributed by atoms with E-state index in [0.29, 0.717) is 60.2 Å². The minimum atomic E-state index is -4.21. The molecule has 13 nitrogen and oxygen atoms in total. The van der Waals surface area contributed by atoms with Crippen LogP contribution >= 0.6 is 11.6 Å². The number of carbonyl (C=O) groups excluding carboxylic acids is 2.